The second kappa shape index (κ2) is 3.88. The van der Waals surface area contributed by atoms with Crippen LogP contribution in [0.1, 0.15) is 0 Å². The number of likely N-dealkylation sites (N-methyl/N-ethyl adjacent to an activating group) is 1. The van der Waals surface area contributed by atoms with Crippen molar-refractivity contribution >= 4 is 17.9 Å². The van der Waals surface area contributed by atoms with Gasteiger partial charge in [0.1, 0.15) is 0 Å². The quantitative estimate of drug-likeness (QED) is 0.247. The van der Waals surface area contributed by atoms with E-state index in [0.29, 0.717) is 0 Å². The van der Waals surface area contributed by atoms with Crippen LogP contribution >= 0.6 is 0 Å². The monoisotopic (exact) mass is 180 g/mol. The van der Waals surface area contributed by atoms with Crippen molar-refractivity contribution in [1.29, 1.82) is 0 Å². The molecular formula is C5H5N2NaO4. The van der Waals surface area contributed by atoms with Crippen LogP contribution in [0.4, 0.5) is 4.79 Å². The van der Waals surface area contributed by atoms with Crippen LogP contribution in [0, 0.1) is 0 Å². The Kier molecular flexibility index (Phi) is 3.69. The second-order valence-corrected chi connectivity index (χ2v) is 2.13. The zero-order valence-corrected chi connectivity index (χ0v) is 8.66. The molecule has 1 atom stereocenters. The van der Waals surface area contributed by atoms with Gasteiger partial charge in [0.25, 0.3) is 5.91 Å². The van der Waals surface area contributed by atoms with E-state index in [2.05, 4.69) is 0 Å². The summed E-state index contributed by atoms with van der Waals surface area (Å²) in [7, 11) is 1.21. The normalized spacial score (nSPS) is 21.8. The molecule has 0 aromatic carbocycles. The topological polar surface area (TPSA) is 89.5 Å². The molecule has 1 saturated heterocycles. The van der Waals surface area contributed by atoms with E-state index in [1.165, 1.54) is 7.05 Å². The predicted octanol–water partition coefficient (Wildman–Crippen LogP) is -5.71. The van der Waals surface area contributed by atoms with Crippen molar-refractivity contribution in [2.75, 3.05) is 7.05 Å². The minimum absolute atomic E-state index is 0. The minimum Gasteiger partial charge on any atom is -0.547 e. The molecule has 60 valence electrons. The molecule has 0 spiro atoms. The SMILES string of the molecule is CN1C(=O)NC(=O)C1C(=O)[O-].[Na+]. The van der Waals surface area contributed by atoms with Crippen LogP contribution in [0.25, 0.3) is 0 Å². The largest absolute Gasteiger partial charge is 1.00 e. The number of urea groups is 1. The van der Waals surface area contributed by atoms with Gasteiger partial charge in [-0.25, -0.2) is 4.79 Å². The zero-order chi connectivity index (χ0) is 8.59. The molecule has 6 nitrogen and oxygen atoms in total. The van der Waals surface area contributed by atoms with E-state index in [4.69, 9.17) is 0 Å². The summed E-state index contributed by atoms with van der Waals surface area (Å²) in [6, 6.07) is -2.20. The predicted molar refractivity (Wildman–Crippen MR) is 30.1 cm³/mol. The van der Waals surface area contributed by atoms with Gasteiger partial charge in [0.2, 0.25) is 0 Å². The molecule has 3 amide bonds. The van der Waals surface area contributed by atoms with Gasteiger partial charge in [0.15, 0.2) is 6.04 Å². The maximum Gasteiger partial charge on any atom is 1.00 e. The number of rotatable bonds is 1. The van der Waals surface area contributed by atoms with Gasteiger partial charge in [-0.3, -0.25) is 10.1 Å². The van der Waals surface area contributed by atoms with Crippen LogP contribution in [-0.2, 0) is 9.59 Å². The van der Waals surface area contributed by atoms with Gasteiger partial charge in [0.05, 0.1) is 5.97 Å². The van der Waals surface area contributed by atoms with Crippen molar-refractivity contribution in [3.05, 3.63) is 0 Å². The number of amides is 3. The van der Waals surface area contributed by atoms with E-state index in [-0.39, 0.29) is 29.6 Å². The standard InChI is InChI=1S/C5H6N2O4.Na/c1-7-2(4(9)10)3(8)6-5(7)11;/h2H,1H3,(H,9,10)(H,6,8,11);/q;+1/p-1. The fourth-order valence-corrected chi connectivity index (χ4v) is 0.820. The molecule has 1 N–H and O–H groups in total. The molecule has 0 aliphatic carbocycles. The number of carbonyl (C=O) groups excluding carboxylic acids is 3. The molecule has 1 aliphatic heterocycles. The van der Waals surface area contributed by atoms with Gasteiger partial charge < -0.3 is 14.8 Å². The molecule has 7 heteroatoms. The number of nitrogens with zero attached hydrogens (tertiary/aromatic N) is 1. The summed E-state index contributed by atoms with van der Waals surface area (Å²) in [5.74, 6) is -2.42. The second-order valence-electron chi connectivity index (χ2n) is 2.13. The number of aliphatic carboxylic acids is 1. The summed E-state index contributed by atoms with van der Waals surface area (Å²) in [5.41, 5.74) is 0. The van der Waals surface area contributed by atoms with Crippen molar-refractivity contribution in [2.24, 2.45) is 0 Å². The van der Waals surface area contributed by atoms with Crippen LogP contribution in [0.3, 0.4) is 0 Å². The first-order chi connectivity index (χ1) is 5.04. The van der Waals surface area contributed by atoms with Crippen LogP contribution < -0.4 is 40.0 Å². The van der Waals surface area contributed by atoms with E-state index < -0.39 is 23.9 Å². The zero-order valence-electron chi connectivity index (χ0n) is 6.66. The summed E-state index contributed by atoms with van der Waals surface area (Å²) in [6.45, 7) is 0. The third kappa shape index (κ3) is 1.77. The Morgan fingerprint density at radius 1 is 1.58 bits per heavy atom. The molecule has 1 fully saturated rings. The number of carboxylic acids is 1. The molecule has 0 radical (unpaired) electrons. The molecule has 0 aromatic heterocycles. The van der Waals surface area contributed by atoms with Gasteiger partial charge in [0, 0.05) is 7.05 Å². The fourth-order valence-electron chi connectivity index (χ4n) is 0.820. The Balaban J connectivity index is 0.00000121. The molecule has 1 aliphatic rings. The van der Waals surface area contributed by atoms with Crippen molar-refractivity contribution in [3.63, 3.8) is 0 Å². The van der Waals surface area contributed by atoms with E-state index in [0.717, 1.165) is 4.90 Å². The van der Waals surface area contributed by atoms with Crippen molar-refractivity contribution in [2.45, 2.75) is 6.04 Å². The smallest absolute Gasteiger partial charge is 0.547 e. The maximum absolute atomic E-state index is 10.6. The molecule has 1 rings (SSSR count). The molecule has 1 unspecified atom stereocenters. The average Bonchev–Trinajstić information content (AvgIpc) is 2.07. The Morgan fingerprint density at radius 2 is 2.08 bits per heavy atom. The summed E-state index contributed by atoms with van der Waals surface area (Å²) >= 11 is 0. The minimum atomic E-state index is -1.57. The van der Waals surface area contributed by atoms with Crippen LogP contribution in [-0.4, -0.2) is 35.9 Å². The van der Waals surface area contributed by atoms with E-state index in [1.54, 1.807) is 0 Å². The van der Waals surface area contributed by atoms with E-state index in [9.17, 15) is 19.5 Å². The van der Waals surface area contributed by atoms with E-state index in [1.807, 2.05) is 5.32 Å². The van der Waals surface area contributed by atoms with Gasteiger partial charge in [-0.05, 0) is 0 Å². The number of imide groups is 1. The van der Waals surface area contributed by atoms with E-state index >= 15 is 0 Å². The first-order valence-corrected chi connectivity index (χ1v) is 2.82. The number of hydrogen-bond acceptors (Lipinski definition) is 4. The first-order valence-electron chi connectivity index (χ1n) is 2.82. The molecule has 1 heterocycles. The Labute approximate surface area is 90.2 Å². The van der Waals surface area contributed by atoms with Crippen molar-refractivity contribution < 1.29 is 49.0 Å². The Bertz CT molecular complexity index is 242. The fraction of sp³-hybridized carbons (Fsp3) is 0.400. The third-order valence-electron chi connectivity index (χ3n) is 1.41. The van der Waals surface area contributed by atoms with Crippen molar-refractivity contribution in [1.82, 2.24) is 10.2 Å². The van der Waals surface area contributed by atoms with Crippen LogP contribution in [0.5, 0.6) is 0 Å². The maximum atomic E-state index is 10.6. The molecule has 12 heavy (non-hydrogen) atoms. The number of carboxylic acid groups (broad SMARTS) is 1. The summed E-state index contributed by atoms with van der Waals surface area (Å²) in [5, 5.41) is 12.0. The van der Waals surface area contributed by atoms with Gasteiger partial charge in [-0.2, -0.15) is 0 Å². The Morgan fingerprint density at radius 3 is 2.25 bits per heavy atom. The van der Waals surface area contributed by atoms with Crippen LogP contribution in [0.15, 0.2) is 0 Å². The molecular weight excluding hydrogens is 175 g/mol. The van der Waals surface area contributed by atoms with Gasteiger partial charge >= 0.3 is 35.6 Å². The number of nitrogens with one attached hydrogen (secondary N) is 1. The van der Waals surface area contributed by atoms with Crippen LogP contribution in [0.2, 0.25) is 0 Å². The molecule has 0 aromatic rings. The Hall–Kier alpha value is -0.590. The summed E-state index contributed by atoms with van der Waals surface area (Å²) < 4.78 is 0. The summed E-state index contributed by atoms with van der Waals surface area (Å²) in [6.07, 6.45) is 0. The van der Waals surface area contributed by atoms with Gasteiger partial charge in [-0.1, -0.05) is 0 Å². The summed E-state index contributed by atoms with van der Waals surface area (Å²) in [4.78, 5) is 32.2. The first kappa shape index (κ1) is 11.4. The number of hydrogen-bond donors (Lipinski definition) is 1. The van der Waals surface area contributed by atoms with Crippen molar-refractivity contribution in [3.8, 4) is 0 Å². The van der Waals surface area contributed by atoms with Gasteiger partial charge in [-0.15, -0.1) is 0 Å². The average molecular weight is 180 g/mol. The third-order valence-corrected chi connectivity index (χ3v) is 1.41. The molecule has 0 saturated carbocycles. The molecule has 0 bridgehead atoms. The number of carbonyl (C=O) groups is 3.